The molecule has 2 rings (SSSR count). The second-order valence-corrected chi connectivity index (χ2v) is 7.90. The second-order valence-electron chi connectivity index (χ2n) is 5.28. The number of furan rings is 1. The van der Waals surface area contributed by atoms with E-state index >= 15 is 0 Å². The third-order valence-electron chi connectivity index (χ3n) is 3.32. The number of hydrogen-bond donors (Lipinski definition) is 1. The van der Waals surface area contributed by atoms with Gasteiger partial charge in [0.15, 0.2) is 4.67 Å². The zero-order valence-electron chi connectivity index (χ0n) is 11.0. The molecule has 0 radical (unpaired) electrons. The summed E-state index contributed by atoms with van der Waals surface area (Å²) in [5.74, 6) is 0.937. The van der Waals surface area contributed by atoms with Crippen molar-refractivity contribution in [3.63, 3.8) is 0 Å². The van der Waals surface area contributed by atoms with Gasteiger partial charge in [0.05, 0.1) is 0 Å². The molecule has 1 aromatic rings. The Morgan fingerprint density at radius 1 is 1.42 bits per heavy atom. The quantitative estimate of drug-likeness (QED) is 0.905. The first kappa shape index (κ1) is 15.0. The zero-order valence-corrected chi connectivity index (χ0v) is 13.4. The molecule has 0 saturated carbocycles. The molecule has 1 aliphatic rings. The van der Waals surface area contributed by atoms with Gasteiger partial charge >= 0.3 is 0 Å². The fourth-order valence-corrected chi connectivity index (χ4v) is 5.23. The van der Waals surface area contributed by atoms with Crippen LogP contribution in [-0.2, 0) is 16.6 Å². The molecule has 1 saturated heterocycles. The zero-order chi connectivity index (χ0) is 14.2. The van der Waals surface area contributed by atoms with Gasteiger partial charge in [-0.2, -0.15) is 4.31 Å². The van der Waals surface area contributed by atoms with Crippen molar-refractivity contribution < 1.29 is 17.9 Å². The highest BCUT2D eigenvalue weighted by atomic mass is 79.9. The highest BCUT2D eigenvalue weighted by Crippen LogP contribution is 2.32. The van der Waals surface area contributed by atoms with Crippen molar-refractivity contribution in [2.75, 3.05) is 13.1 Å². The van der Waals surface area contributed by atoms with Crippen LogP contribution in [0, 0.1) is 11.8 Å². The SMILES string of the molecule is CC1CC(C)CN(S(=O)(=O)c2cc(CO)oc2Br)C1. The highest BCUT2D eigenvalue weighted by Gasteiger charge is 2.34. The first-order valence-electron chi connectivity index (χ1n) is 6.23. The minimum Gasteiger partial charge on any atom is -0.450 e. The van der Waals surface area contributed by atoms with Crippen LogP contribution in [0.5, 0.6) is 0 Å². The lowest BCUT2D eigenvalue weighted by atomic mass is 9.94. The van der Waals surface area contributed by atoms with Crippen LogP contribution in [0.4, 0.5) is 0 Å². The number of halogens is 1. The molecule has 19 heavy (non-hydrogen) atoms. The van der Waals surface area contributed by atoms with Crippen LogP contribution < -0.4 is 0 Å². The Bertz CT molecular complexity index is 544. The van der Waals surface area contributed by atoms with E-state index < -0.39 is 10.0 Å². The molecule has 7 heteroatoms. The van der Waals surface area contributed by atoms with Crippen LogP contribution in [0.3, 0.4) is 0 Å². The van der Waals surface area contributed by atoms with Crippen molar-refractivity contribution in [2.24, 2.45) is 11.8 Å². The van der Waals surface area contributed by atoms with Crippen LogP contribution >= 0.6 is 15.9 Å². The fraction of sp³-hybridized carbons (Fsp3) is 0.667. The average Bonchev–Trinajstić information content (AvgIpc) is 2.70. The predicted molar refractivity (Wildman–Crippen MR) is 74.0 cm³/mol. The van der Waals surface area contributed by atoms with Crippen molar-refractivity contribution in [3.8, 4) is 0 Å². The predicted octanol–water partition coefficient (Wildman–Crippen LogP) is 2.20. The van der Waals surface area contributed by atoms with E-state index in [1.807, 2.05) is 0 Å². The lowest BCUT2D eigenvalue weighted by molar-refractivity contribution is 0.222. The smallest absolute Gasteiger partial charge is 0.247 e. The molecule has 2 heterocycles. The molecule has 2 unspecified atom stereocenters. The summed E-state index contributed by atoms with van der Waals surface area (Å²) < 4.78 is 32.0. The van der Waals surface area contributed by atoms with Crippen molar-refractivity contribution in [1.29, 1.82) is 0 Å². The lowest BCUT2D eigenvalue weighted by Gasteiger charge is -2.33. The lowest BCUT2D eigenvalue weighted by Crippen LogP contribution is -2.42. The fourth-order valence-electron chi connectivity index (χ4n) is 2.59. The Kier molecular flexibility index (Phi) is 4.39. The van der Waals surface area contributed by atoms with Gasteiger partial charge in [0.25, 0.3) is 0 Å². The largest absolute Gasteiger partial charge is 0.450 e. The Labute approximate surface area is 121 Å². The molecule has 1 aromatic heterocycles. The molecule has 0 amide bonds. The highest BCUT2D eigenvalue weighted by molar-refractivity contribution is 9.10. The van der Waals surface area contributed by atoms with Gasteiger partial charge in [0, 0.05) is 19.2 Å². The maximum Gasteiger partial charge on any atom is 0.247 e. The normalized spacial score (nSPS) is 25.7. The van der Waals surface area contributed by atoms with E-state index in [0.717, 1.165) is 6.42 Å². The second kappa shape index (κ2) is 5.55. The van der Waals surface area contributed by atoms with Gasteiger partial charge in [-0.05, 0) is 34.2 Å². The van der Waals surface area contributed by atoms with E-state index in [4.69, 9.17) is 9.52 Å². The standard InChI is InChI=1S/C12H18BrNO4S/c1-8-3-9(2)6-14(5-8)19(16,17)11-4-10(7-15)18-12(11)13/h4,8-9,15H,3,5-7H2,1-2H3. The van der Waals surface area contributed by atoms with Gasteiger partial charge in [0.2, 0.25) is 10.0 Å². The van der Waals surface area contributed by atoms with Crippen LogP contribution in [-0.4, -0.2) is 30.9 Å². The third-order valence-corrected chi connectivity index (χ3v) is 6.00. The molecule has 0 aliphatic carbocycles. The Hall–Kier alpha value is -0.370. The number of rotatable bonds is 3. The summed E-state index contributed by atoms with van der Waals surface area (Å²) in [6.45, 7) is 4.85. The number of aliphatic hydroxyl groups is 1. The summed E-state index contributed by atoms with van der Waals surface area (Å²) >= 11 is 3.11. The van der Waals surface area contributed by atoms with Crippen molar-refractivity contribution >= 4 is 26.0 Å². The van der Waals surface area contributed by atoms with E-state index in [1.54, 1.807) is 0 Å². The molecule has 0 spiro atoms. The minimum absolute atomic E-state index is 0.0952. The van der Waals surface area contributed by atoms with Crippen LogP contribution in [0.2, 0.25) is 0 Å². The van der Waals surface area contributed by atoms with Crippen LogP contribution in [0.25, 0.3) is 0 Å². The molecule has 1 fully saturated rings. The maximum absolute atomic E-state index is 12.6. The average molecular weight is 352 g/mol. The maximum atomic E-state index is 12.6. The number of piperidine rings is 1. The van der Waals surface area contributed by atoms with Gasteiger partial charge in [-0.3, -0.25) is 0 Å². The molecular formula is C12H18BrNO4S. The summed E-state index contributed by atoms with van der Waals surface area (Å²) in [6, 6.07) is 1.38. The number of hydrogen-bond acceptors (Lipinski definition) is 4. The van der Waals surface area contributed by atoms with Gasteiger partial charge in [-0.1, -0.05) is 13.8 Å². The van der Waals surface area contributed by atoms with E-state index in [9.17, 15) is 8.42 Å². The first-order valence-corrected chi connectivity index (χ1v) is 8.47. The van der Waals surface area contributed by atoms with Crippen LogP contribution in [0.15, 0.2) is 20.0 Å². The van der Waals surface area contributed by atoms with Gasteiger partial charge < -0.3 is 9.52 Å². The molecule has 1 N–H and O–H groups in total. The van der Waals surface area contributed by atoms with Gasteiger partial charge in [0.1, 0.15) is 17.3 Å². The van der Waals surface area contributed by atoms with Gasteiger partial charge in [-0.25, -0.2) is 8.42 Å². The summed E-state index contributed by atoms with van der Waals surface area (Å²) in [7, 11) is -3.57. The van der Waals surface area contributed by atoms with Gasteiger partial charge in [-0.15, -0.1) is 0 Å². The summed E-state index contributed by atoms with van der Waals surface area (Å²) in [5.41, 5.74) is 0. The van der Waals surface area contributed by atoms with Crippen molar-refractivity contribution in [1.82, 2.24) is 4.31 Å². The van der Waals surface area contributed by atoms with E-state index in [1.165, 1.54) is 10.4 Å². The van der Waals surface area contributed by atoms with E-state index in [0.29, 0.717) is 24.9 Å². The Balaban J connectivity index is 2.33. The molecule has 5 nitrogen and oxygen atoms in total. The molecule has 0 aromatic carbocycles. The molecular weight excluding hydrogens is 334 g/mol. The Morgan fingerprint density at radius 2 is 2.00 bits per heavy atom. The third kappa shape index (κ3) is 3.04. The Morgan fingerprint density at radius 3 is 2.47 bits per heavy atom. The van der Waals surface area contributed by atoms with Crippen LogP contribution in [0.1, 0.15) is 26.0 Å². The van der Waals surface area contributed by atoms with E-state index in [2.05, 4.69) is 29.8 Å². The molecule has 0 bridgehead atoms. The minimum atomic E-state index is -3.57. The monoisotopic (exact) mass is 351 g/mol. The topological polar surface area (TPSA) is 70.8 Å². The number of sulfonamides is 1. The number of nitrogens with zero attached hydrogens (tertiary/aromatic N) is 1. The summed E-state index contributed by atoms with van der Waals surface area (Å²) in [6.07, 6.45) is 1.04. The van der Waals surface area contributed by atoms with E-state index in [-0.39, 0.29) is 21.9 Å². The first-order chi connectivity index (χ1) is 8.84. The van der Waals surface area contributed by atoms with Crippen molar-refractivity contribution in [2.45, 2.75) is 31.8 Å². The molecule has 1 aliphatic heterocycles. The molecule has 108 valence electrons. The number of aliphatic hydroxyl groups excluding tert-OH is 1. The summed E-state index contributed by atoms with van der Waals surface area (Å²) in [4.78, 5) is 0.0952. The van der Waals surface area contributed by atoms with Crippen molar-refractivity contribution in [3.05, 3.63) is 16.5 Å². The molecule has 2 atom stereocenters. The summed E-state index contributed by atoms with van der Waals surface area (Å²) in [5, 5.41) is 9.01.